The number of hydrogen-bond acceptors (Lipinski definition) is 7. The average molecular weight is 631 g/mol. The van der Waals surface area contributed by atoms with Gasteiger partial charge in [-0.3, -0.25) is 9.10 Å². The van der Waals surface area contributed by atoms with Crippen LogP contribution in [0.2, 0.25) is 0 Å². The molecular formula is C32H40F2N4O5S. The van der Waals surface area contributed by atoms with E-state index in [0.29, 0.717) is 30.6 Å². The van der Waals surface area contributed by atoms with Crippen LogP contribution in [0.3, 0.4) is 0 Å². The van der Waals surface area contributed by atoms with E-state index in [1.54, 1.807) is 19.9 Å². The highest BCUT2D eigenvalue weighted by atomic mass is 32.2. The second-order valence-electron chi connectivity index (χ2n) is 11.6. The maximum atomic E-state index is 13.8. The number of amides is 1. The van der Waals surface area contributed by atoms with E-state index in [-0.39, 0.29) is 30.3 Å². The fourth-order valence-electron chi connectivity index (χ4n) is 4.86. The van der Waals surface area contributed by atoms with Crippen molar-refractivity contribution in [3.63, 3.8) is 0 Å². The number of sulfonamides is 1. The minimum Gasteiger partial charge on any atom is -0.491 e. The Kier molecular flexibility index (Phi) is 10.8. The first kappa shape index (κ1) is 33.1. The molecule has 4 rings (SSSR count). The number of aromatic nitrogens is 1. The summed E-state index contributed by atoms with van der Waals surface area (Å²) >= 11 is 0. The van der Waals surface area contributed by atoms with Crippen molar-refractivity contribution >= 4 is 27.6 Å². The number of carbonyl (C=O) groups is 1. The topological polar surface area (TPSA) is 121 Å². The van der Waals surface area contributed by atoms with E-state index in [2.05, 4.69) is 22.5 Å². The fourth-order valence-corrected chi connectivity index (χ4v) is 5.85. The Balaban J connectivity index is 1.63. The maximum absolute atomic E-state index is 13.8. The Morgan fingerprint density at radius 1 is 1.11 bits per heavy atom. The molecule has 44 heavy (non-hydrogen) atoms. The predicted octanol–water partition coefficient (Wildman–Crippen LogP) is 4.63. The largest absolute Gasteiger partial charge is 0.491 e. The lowest BCUT2D eigenvalue weighted by atomic mass is 9.92. The summed E-state index contributed by atoms with van der Waals surface area (Å²) in [6.07, 6.45) is 1.45. The van der Waals surface area contributed by atoms with Gasteiger partial charge < -0.3 is 20.5 Å². The first-order valence-corrected chi connectivity index (χ1v) is 16.2. The number of halogens is 2. The lowest BCUT2D eigenvalue weighted by molar-refractivity contribution is 0.0863. The Morgan fingerprint density at radius 2 is 1.77 bits per heavy atom. The second kappa shape index (κ2) is 14.3. The number of rotatable bonds is 15. The molecule has 4 atom stereocenters. The van der Waals surface area contributed by atoms with Gasteiger partial charge in [-0.2, -0.15) is 0 Å². The third-order valence-corrected chi connectivity index (χ3v) is 10.1. The smallest absolute Gasteiger partial charge is 0.251 e. The summed E-state index contributed by atoms with van der Waals surface area (Å²) in [6.45, 7) is 5.38. The zero-order chi connectivity index (χ0) is 32.0. The van der Waals surface area contributed by atoms with Crippen LogP contribution in [0.4, 0.5) is 20.4 Å². The molecule has 0 saturated heterocycles. The van der Waals surface area contributed by atoms with Crippen LogP contribution in [0.15, 0.2) is 60.7 Å². The lowest BCUT2D eigenvalue weighted by Gasteiger charge is -2.27. The molecule has 0 spiro atoms. The van der Waals surface area contributed by atoms with Crippen molar-refractivity contribution in [1.82, 2.24) is 10.3 Å². The number of carbonyl (C=O) groups excluding carboxylic acids is 1. The number of anilines is 2. The maximum Gasteiger partial charge on any atom is 0.251 e. The molecule has 12 heteroatoms. The SMILES string of the molecule is CC(C)S(=O)(=O)N(C)c1cc(C(=O)N[C@@H](COc2cc(F)cc(F)c2)C(CO)Cc2ccccc2)cc(NC[C@H]2C[C@@H]2C)n1. The zero-order valence-electron chi connectivity index (χ0n) is 25.3. The molecule has 238 valence electrons. The summed E-state index contributed by atoms with van der Waals surface area (Å²) in [5, 5.41) is 15.8. The van der Waals surface area contributed by atoms with Crippen LogP contribution in [-0.2, 0) is 16.4 Å². The van der Waals surface area contributed by atoms with Gasteiger partial charge in [0.2, 0.25) is 10.0 Å². The number of aliphatic hydroxyl groups is 1. The molecule has 1 unspecified atom stereocenters. The monoisotopic (exact) mass is 630 g/mol. The van der Waals surface area contributed by atoms with Crippen LogP contribution in [0.1, 0.15) is 43.1 Å². The van der Waals surface area contributed by atoms with Crippen molar-refractivity contribution in [3.8, 4) is 5.75 Å². The van der Waals surface area contributed by atoms with E-state index in [0.717, 1.165) is 34.5 Å². The van der Waals surface area contributed by atoms with E-state index in [1.807, 2.05) is 30.3 Å². The standard InChI is InChI=1S/C32H40F2N4O5S/c1-20(2)44(41,42)38(4)31-13-23(12-30(37-31)35-17-24-10-21(24)3)32(40)36-29(19-43-28-15-26(33)14-27(34)16-28)25(18-39)11-22-8-6-5-7-9-22/h5-9,12-16,20-21,24-25,29,39H,10-11,17-19H2,1-4H3,(H,35,37)(H,36,40)/t21-,24+,25?,29-/m0/s1. The lowest BCUT2D eigenvalue weighted by Crippen LogP contribution is -2.46. The van der Waals surface area contributed by atoms with Crippen LogP contribution < -0.4 is 19.7 Å². The Labute approximate surface area is 257 Å². The van der Waals surface area contributed by atoms with Crippen LogP contribution >= 0.6 is 0 Å². The van der Waals surface area contributed by atoms with E-state index in [1.165, 1.54) is 13.1 Å². The number of nitrogens with zero attached hydrogens (tertiary/aromatic N) is 2. The highest BCUT2D eigenvalue weighted by Gasteiger charge is 2.32. The third kappa shape index (κ3) is 8.66. The van der Waals surface area contributed by atoms with Crippen LogP contribution in [-0.4, -0.2) is 62.5 Å². The minimum atomic E-state index is -3.74. The number of benzene rings is 2. The van der Waals surface area contributed by atoms with Crippen molar-refractivity contribution in [2.45, 2.75) is 44.9 Å². The third-order valence-electron chi connectivity index (χ3n) is 7.92. The van der Waals surface area contributed by atoms with Crippen molar-refractivity contribution < 1.29 is 31.8 Å². The van der Waals surface area contributed by atoms with Gasteiger partial charge in [0.05, 0.1) is 11.3 Å². The highest BCUT2D eigenvalue weighted by Crippen LogP contribution is 2.37. The zero-order valence-corrected chi connectivity index (χ0v) is 26.2. The van der Waals surface area contributed by atoms with Gasteiger partial charge in [0.15, 0.2) is 0 Å². The van der Waals surface area contributed by atoms with Crippen molar-refractivity contribution in [2.24, 2.45) is 17.8 Å². The molecule has 1 fully saturated rings. The quantitative estimate of drug-likeness (QED) is 0.224. The Morgan fingerprint density at radius 3 is 2.36 bits per heavy atom. The van der Waals surface area contributed by atoms with Gasteiger partial charge in [0.25, 0.3) is 5.91 Å². The molecule has 1 aromatic heterocycles. The van der Waals surface area contributed by atoms with Crippen LogP contribution in [0.25, 0.3) is 0 Å². The van der Waals surface area contributed by atoms with Gasteiger partial charge in [0, 0.05) is 49.9 Å². The minimum absolute atomic E-state index is 0.0642. The molecule has 9 nitrogen and oxygen atoms in total. The molecule has 1 aliphatic rings. The number of ether oxygens (including phenoxy) is 1. The first-order valence-electron chi connectivity index (χ1n) is 14.7. The summed E-state index contributed by atoms with van der Waals surface area (Å²) in [7, 11) is -2.35. The van der Waals surface area contributed by atoms with E-state index >= 15 is 0 Å². The molecule has 1 saturated carbocycles. The van der Waals surface area contributed by atoms with Crippen molar-refractivity contribution in [3.05, 3.63) is 83.4 Å². The molecule has 1 heterocycles. The van der Waals surface area contributed by atoms with Crippen molar-refractivity contribution in [1.29, 1.82) is 0 Å². The highest BCUT2D eigenvalue weighted by molar-refractivity contribution is 7.93. The van der Waals surface area contributed by atoms with Crippen molar-refractivity contribution in [2.75, 3.05) is 36.4 Å². The van der Waals surface area contributed by atoms with Gasteiger partial charge in [-0.05, 0) is 56.2 Å². The first-order chi connectivity index (χ1) is 20.9. The number of aliphatic hydroxyl groups excluding tert-OH is 1. The predicted molar refractivity (Wildman–Crippen MR) is 166 cm³/mol. The molecular weight excluding hydrogens is 590 g/mol. The molecule has 3 N–H and O–H groups in total. The molecule has 1 aliphatic carbocycles. The summed E-state index contributed by atoms with van der Waals surface area (Å²) in [6, 6.07) is 14.3. The van der Waals surface area contributed by atoms with Crippen LogP contribution in [0.5, 0.6) is 5.75 Å². The summed E-state index contributed by atoms with van der Waals surface area (Å²) in [4.78, 5) is 18.3. The second-order valence-corrected chi connectivity index (χ2v) is 14.2. The van der Waals surface area contributed by atoms with E-state index in [9.17, 15) is 27.1 Å². The molecule has 2 aromatic carbocycles. The van der Waals surface area contributed by atoms with Gasteiger partial charge in [-0.25, -0.2) is 22.2 Å². The fraction of sp³-hybridized carbons (Fsp3) is 0.438. The van der Waals surface area contributed by atoms with Gasteiger partial charge in [0.1, 0.15) is 35.6 Å². The van der Waals surface area contributed by atoms with Gasteiger partial charge >= 0.3 is 0 Å². The molecule has 0 bridgehead atoms. The van der Waals surface area contributed by atoms with E-state index < -0.39 is 44.8 Å². The Hall–Kier alpha value is -3.77. The molecule has 0 aliphatic heterocycles. The summed E-state index contributed by atoms with van der Waals surface area (Å²) in [5.74, 6) is -1.31. The molecule has 1 amide bonds. The average Bonchev–Trinajstić information content (AvgIpc) is 3.70. The molecule has 0 radical (unpaired) electrons. The number of pyridine rings is 1. The molecule has 3 aromatic rings. The normalized spacial score (nSPS) is 17.5. The summed E-state index contributed by atoms with van der Waals surface area (Å²) in [5.41, 5.74) is 1.06. The number of nitrogens with one attached hydrogen (secondary N) is 2. The van der Waals surface area contributed by atoms with Gasteiger partial charge in [-0.15, -0.1) is 0 Å². The Bertz CT molecular complexity index is 1520. The van der Waals surface area contributed by atoms with E-state index in [4.69, 9.17) is 4.74 Å². The summed E-state index contributed by atoms with van der Waals surface area (Å²) < 4.78 is 60.3. The number of hydrogen-bond donors (Lipinski definition) is 3. The van der Waals surface area contributed by atoms with Crippen LogP contribution in [0, 0.1) is 29.4 Å². The van der Waals surface area contributed by atoms with Gasteiger partial charge in [-0.1, -0.05) is 37.3 Å².